The molecule has 24 heavy (non-hydrogen) atoms. The molecule has 8 heteroatoms. The summed E-state index contributed by atoms with van der Waals surface area (Å²) in [5, 5.41) is 14.3. The second-order valence-corrected chi connectivity index (χ2v) is 7.00. The molecule has 1 N–H and O–H groups in total. The first-order chi connectivity index (χ1) is 11.6. The summed E-state index contributed by atoms with van der Waals surface area (Å²) in [5.74, 6) is 0.672. The quantitative estimate of drug-likeness (QED) is 0.830. The van der Waals surface area contributed by atoms with Crippen molar-refractivity contribution >= 4 is 11.8 Å². The topological polar surface area (TPSA) is 93.0 Å². The van der Waals surface area contributed by atoms with E-state index in [-0.39, 0.29) is 23.8 Å². The van der Waals surface area contributed by atoms with E-state index in [9.17, 15) is 9.59 Å². The van der Waals surface area contributed by atoms with Gasteiger partial charge in [-0.1, -0.05) is 20.3 Å². The normalized spacial score (nSPS) is 21.3. The number of likely N-dealkylation sites (tertiary alicyclic amines) is 1. The zero-order chi connectivity index (χ0) is 17.1. The summed E-state index contributed by atoms with van der Waals surface area (Å²) in [6.45, 7) is 5.55. The summed E-state index contributed by atoms with van der Waals surface area (Å²) in [6.07, 6.45) is 6.07. The molecule has 132 valence electrons. The van der Waals surface area contributed by atoms with E-state index in [0.29, 0.717) is 5.91 Å². The van der Waals surface area contributed by atoms with E-state index in [4.69, 9.17) is 0 Å². The van der Waals surface area contributed by atoms with Crippen LogP contribution in [-0.2, 0) is 9.59 Å². The maximum absolute atomic E-state index is 12.7. The average molecular weight is 334 g/mol. The molecule has 1 saturated heterocycles. The molecule has 1 aliphatic carbocycles. The van der Waals surface area contributed by atoms with Crippen molar-refractivity contribution in [3.05, 3.63) is 6.33 Å². The van der Waals surface area contributed by atoms with Crippen LogP contribution in [0.3, 0.4) is 0 Å². The Morgan fingerprint density at radius 2 is 1.96 bits per heavy atom. The van der Waals surface area contributed by atoms with Gasteiger partial charge in [0.15, 0.2) is 0 Å². The SMILES string of the molecule is CC[C@H](C)[C@@H](C(=O)NC1CCN(C(=O)C2CC2)CC1)n1cnnn1. The highest BCUT2D eigenvalue weighted by molar-refractivity contribution is 5.82. The van der Waals surface area contributed by atoms with Crippen molar-refractivity contribution in [2.45, 2.75) is 58.0 Å². The number of carbonyl (C=O) groups excluding carboxylic acids is 2. The Morgan fingerprint density at radius 1 is 1.25 bits per heavy atom. The summed E-state index contributed by atoms with van der Waals surface area (Å²) >= 11 is 0. The van der Waals surface area contributed by atoms with E-state index < -0.39 is 6.04 Å². The third-order valence-electron chi connectivity index (χ3n) is 5.18. The molecule has 2 fully saturated rings. The third kappa shape index (κ3) is 3.73. The summed E-state index contributed by atoms with van der Waals surface area (Å²) < 4.78 is 1.54. The minimum atomic E-state index is -0.392. The zero-order valence-electron chi connectivity index (χ0n) is 14.4. The Bertz CT molecular complexity index is 563. The summed E-state index contributed by atoms with van der Waals surface area (Å²) in [6, 6.07) is -0.278. The number of tetrazole rings is 1. The summed E-state index contributed by atoms with van der Waals surface area (Å²) in [4.78, 5) is 26.8. The Kier molecular flexibility index (Phi) is 5.11. The fraction of sp³-hybridized carbons (Fsp3) is 0.812. The molecule has 1 aromatic heterocycles. The Morgan fingerprint density at radius 3 is 2.50 bits per heavy atom. The van der Waals surface area contributed by atoms with Gasteiger partial charge in [-0.2, -0.15) is 0 Å². The van der Waals surface area contributed by atoms with E-state index >= 15 is 0 Å². The molecule has 0 radical (unpaired) electrons. The van der Waals surface area contributed by atoms with Crippen LogP contribution in [0.25, 0.3) is 0 Å². The van der Waals surface area contributed by atoms with Crippen LogP contribution in [0.2, 0.25) is 0 Å². The largest absolute Gasteiger partial charge is 0.351 e. The van der Waals surface area contributed by atoms with Gasteiger partial charge in [-0.05, 0) is 42.0 Å². The van der Waals surface area contributed by atoms with Gasteiger partial charge in [-0.3, -0.25) is 9.59 Å². The van der Waals surface area contributed by atoms with Crippen LogP contribution in [0, 0.1) is 11.8 Å². The smallest absolute Gasteiger partial charge is 0.245 e. The Balaban J connectivity index is 1.55. The lowest BCUT2D eigenvalue weighted by Crippen LogP contribution is -2.49. The number of carbonyl (C=O) groups is 2. The second kappa shape index (κ2) is 7.27. The van der Waals surface area contributed by atoms with Crippen molar-refractivity contribution in [3.8, 4) is 0 Å². The molecule has 0 spiro atoms. The van der Waals surface area contributed by atoms with E-state index in [0.717, 1.165) is 45.2 Å². The molecule has 2 aliphatic rings. The highest BCUT2D eigenvalue weighted by atomic mass is 16.2. The van der Waals surface area contributed by atoms with Crippen LogP contribution >= 0.6 is 0 Å². The maximum Gasteiger partial charge on any atom is 0.245 e. The van der Waals surface area contributed by atoms with Crippen LogP contribution in [-0.4, -0.2) is 56.1 Å². The molecular formula is C16H26N6O2. The standard InChI is InChI=1S/C16H26N6O2/c1-3-11(2)14(22-10-17-19-20-22)15(23)18-13-6-8-21(9-7-13)16(24)12-4-5-12/h10-14H,3-9H2,1-2H3,(H,18,23)/t11-,14-/m0/s1. The van der Waals surface area contributed by atoms with Gasteiger partial charge in [0, 0.05) is 25.0 Å². The zero-order valence-corrected chi connectivity index (χ0v) is 14.4. The first-order valence-corrected chi connectivity index (χ1v) is 8.91. The molecule has 3 rings (SSSR count). The molecule has 8 nitrogen and oxygen atoms in total. The lowest BCUT2D eigenvalue weighted by atomic mass is 9.97. The van der Waals surface area contributed by atoms with Crippen LogP contribution in [0.4, 0.5) is 0 Å². The van der Waals surface area contributed by atoms with Crippen LogP contribution < -0.4 is 5.32 Å². The van der Waals surface area contributed by atoms with Crippen molar-refractivity contribution in [3.63, 3.8) is 0 Å². The van der Waals surface area contributed by atoms with Gasteiger partial charge in [-0.15, -0.1) is 5.10 Å². The van der Waals surface area contributed by atoms with Crippen LogP contribution in [0.5, 0.6) is 0 Å². The number of hydrogen-bond acceptors (Lipinski definition) is 5. The Hall–Kier alpha value is -1.99. The van der Waals surface area contributed by atoms with Crippen molar-refractivity contribution in [1.29, 1.82) is 0 Å². The van der Waals surface area contributed by atoms with Gasteiger partial charge >= 0.3 is 0 Å². The predicted octanol–water partition coefficient (Wildman–Crippen LogP) is 0.778. The van der Waals surface area contributed by atoms with E-state index in [1.54, 1.807) is 0 Å². The van der Waals surface area contributed by atoms with Crippen molar-refractivity contribution in [2.75, 3.05) is 13.1 Å². The lowest BCUT2D eigenvalue weighted by Gasteiger charge is -2.33. The van der Waals surface area contributed by atoms with Crippen LogP contribution in [0.15, 0.2) is 6.33 Å². The fourth-order valence-corrected chi connectivity index (χ4v) is 3.28. The first-order valence-electron chi connectivity index (χ1n) is 8.91. The number of aromatic nitrogens is 4. The van der Waals surface area contributed by atoms with Crippen LogP contribution in [0.1, 0.15) is 52.0 Å². The highest BCUT2D eigenvalue weighted by Gasteiger charge is 2.36. The summed E-state index contributed by atoms with van der Waals surface area (Å²) in [7, 11) is 0. The van der Waals surface area contributed by atoms with E-state index in [2.05, 4.69) is 27.8 Å². The average Bonchev–Trinajstić information content (AvgIpc) is 3.31. The summed E-state index contributed by atoms with van der Waals surface area (Å²) in [5.41, 5.74) is 0. The highest BCUT2D eigenvalue weighted by Crippen LogP contribution is 2.32. The number of amides is 2. The molecule has 0 aromatic carbocycles. The first kappa shape index (κ1) is 16.9. The van der Waals surface area contributed by atoms with E-state index in [1.807, 2.05) is 11.8 Å². The van der Waals surface area contributed by atoms with Crippen molar-refractivity contribution < 1.29 is 9.59 Å². The fourth-order valence-electron chi connectivity index (χ4n) is 3.28. The maximum atomic E-state index is 12.7. The molecule has 2 atom stereocenters. The van der Waals surface area contributed by atoms with Gasteiger partial charge in [-0.25, -0.2) is 4.68 Å². The predicted molar refractivity (Wildman–Crippen MR) is 86.8 cm³/mol. The van der Waals surface area contributed by atoms with Gasteiger partial charge in [0.2, 0.25) is 11.8 Å². The monoisotopic (exact) mass is 334 g/mol. The second-order valence-electron chi connectivity index (χ2n) is 7.00. The molecule has 1 aromatic rings. The number of nitrogens with one attached hydrogen (secondary N) is 1. The minimum Gasteiger partial charge on any atom is -0.351 e. The van der Waals surface area contributed by atoms with E-state index in [1.165, 1.54) is 11.0 Å². The molecular weight excluding hydrogens is 308 g/mol. The van der Waals surface area contributed by atoms with Gasteiger partial charge < -0.3 is 10.2 Å². The minimum absolute atomic E-state index is 0.0383. The molecule has 0 bridgehead atoms. The number of nitrogens with zero attached hydrogens (tertiary/aromatic N) is 5. The van der Waals surface area contributed by atoms with Crippen molar-refractivity contribution in [1.82, 2.24) is 30.4 Å². The third-order valence-corrected chi connectivity index (χ3v) is 5.18. The Labute approximate surface area is 142 Å². The molecule has 1 aliphatic heterocycles. The number of rotatable bonds is 6. The van der Waals surface area contributed by atoms with Gasteiger partial charge in [0.25, 0.3) is 0 Å². The van der Waals surface area contributed by atoms with Gasteiger partial charge in [0.05, 0.1) is 0 Å². The number of hydrogen-bond donors (Lipinski definition) is 1. The molecule has 1 saturated carbocycles. The van der Waals surface area contributed by atoms with Gasteiger partial charge in [0.1, 0.15) is 12.4 Å². The molecule has 2 amide bonds. The lowest BCUT2D eigenvalue weighted by molar-refractivity contribution is -0.133. The number of piperidine rings is 1. The van der Waals surface area contributed by atoms with Crippen molar-refractivity contribution in [2.24, 2.45) is 11.8 Å². The molecule has 2 heterocycles. The molecule has 0 unspecified atom stereocenters.